The van der Waals surface area contributed by atoms with Gasteiger partial charge in [0, 0.05) is 12.7 Å². The first-order valence-electron chi connectivity index (χ1n) is 3.21. The van der Waals surface area contributed by atoms with Gasteiger partial charge in [-0.1, -0.05) is 0 Å². The highest BCUT2D eigenvalue weighted by atomic mass is 79.9. The fraction of sp³-hybridized carbons (Fsp3) is 0.500. The molecule has 1 rings (SSSR count). The number of aryl methyl sites for hydroxylation is 1. The molecule has 0 unspecified atom stereocenters. The van der Waals surface area contributed by atoms with E-state index in [-0.39, 0.29) is 6.54 Å². The van der Waals surface area contributed by atoms with E-state index in [4.69, 9.17) is 0 Å². The summed E-state index contributed by atoms with van der Waals surface area (Å²) in [7, 11) is 0. The molecular formula is C6H6BrF3N2. The molecule has 1 heterocycles. The maximum absolute atomic E-state index is 11.7. The summed E-state index contributed by atoms with van der Waals surface area (Å²) in [5.41, 5.74) is 0. The molecule has 0 spiro atoms. The van der Waals surface area contributed by atoms with Gasteiger partial charge in [0.15, 0.2) is 0 Å². The lowest BCUT2D eigenvalue weighted by Gasteiger charge is -2.05. The quantitative estimate of drug-likeness (QED) is 0.780. The zero-order valence-electron chi connectivity index (χ0n) is 5.98. The Morgan fingerprint density at radius 1 is 1.50 bits per heavy atom. The number of hydrogen-bond donors (Lipinski definition) is 0. The van der Waals surface area contributed by atoms with Gasteiger partial charge in [-0.25, -0.2) is 4.98 Å². The molecule has 0 fully saturated rings. The maximum Gasteiger partial charge on any atom is 0.390 e. The Morgan fingerprint density at radius 2 is 2.17 bits per heavy atom. The SMILES string of the molecule is FC(F)(F)CCn1cnc(Br)c1. The second kappa shape index (κ2) is 3.47. The molecule has 0 saturated heterocycles. The first-order chi connectivity index (χ1) is 5.47. The van der Waals surface area contributed by atoms with Crippen LogP contribution in [0.3, 0.4) is 0 Å². The van der Waals surface area contributed by atoms with E-state index in [1.807, 2.05) is 0 Å². The summed E-state index contributed by atoms with van der Waals surface area (Å²) in [5, 5.41) is 0. The number of aromatic nitrogens is 2. The summed E-state index contributed by atoms with van der Waals surface area (Å²) in [6.07, 6.45) is -2.06. The Labute approximate surface area is 75.5 Å². The van der Waals surface area contributed by atoms with Crippen molar-refractivity contribution >= 4 is 15.9 Å². The second-order valence-corrected chi connectivity index (χ2v) is 3.11. The third kappa shape index (κ3) is 3.25. The fourth-order valence-electron chi connectivity index (χ4n) is 0.711. The molecule has 0 atom stereocenters. The van der Waals surface area contributed by atoms with Crippen LogP contribution in [0.15, 0.2) is 17.1 Å². The van der Waals surface area contributed by atoms with Gasteiger partial charge >= 0.3 is 6.18 Å². The van der Waals surface area contributed by atoms with E-state index in [1.54, 1.807) is 0 Å². The molecule has 0 radical (unpaired) electrons. The minimum atomic E-state index is -4.10. The van der Waals surface area contributed by atoms with Gasteiger partial charge in [-0.2, -0.15) is 13.2 Å². The van der Waals surface area contributed by atoms with Gasteiger partial charge in [-0.15, -0.1) is 0 Å². The monoisotopic (exact) mass is 242 g/mol. The molecule has 12 heavy (non-hydrogen) atoms. The number of hydrogen-bond acceptors (Lipinski definition) is 1. The third-order valence-electron chi connectivity index (χ3n) is 1.26. The van der Waals surface area contributed by atoms with Crippen LogP contribution in [0.4, 0.5) is 13.2 Å². The Kier molecular flexibility index (Phi) is 2.76. The molecule has 0 amide bonds. The van der Waals surface area contributed by atoms with Crippen molar-refractivity contribution in [3.05, 3.63) is 17.1 Å². The average molecular weight is 243 g/mol. The molecular weight excluding hydrogens is 237 g/mol. The van der Waals surface area contributed by atoms with Gasteiger partial charge in [-0.05, 0) is 15.9 Å². The summed E-state index contributed by atoms with van der Waals surface area (Å²) in [4.78, 5) is 3.73. The molecule has 68 valence electrons. The van der Waals surface area contributed by atoms with Crippen LogP contribution in [0.1, 0.15) is 6.42 Å². The van der Waals surface area contributed by atoms with E-state index in [2.05, 4.69) is 20.9 Å². The van der Waals surface area contributed by atoms with Gasteiger partial charge in [0.05, 0.1) is 12.7 Å². The molecule has 0 bridgehead atoms. The molecule has 0 aliphatic carbocycles. The van der Waals surface area contributed by atoms with Crippen molar-refractivity contribution in [2.75, 3.05) is 0 Å². The molecule has 6 heteroatoms. The lowest BCUT2D eigenvalue weighted by molar-refractivity contribution is -0.136. The first-order valence-corrected chi connectivity index (χ1v) is 4.01. The van der Waals surface area contributed by atoms with Crippen LogP contribution >= 0.6 is 15.9 Å². The molecule has 0 aliphatic rings. The van der Waals surface area contributed by atoms with E-state index in [9.17, 15) is 13.2 Å². The van der Waals surface area contributed by atoms with Crippen molar-refractivity contribution in [1.82, 2.24) is 9.55 Å². The summed E-state index contributed by atoms with van der Waals surface area (Å²) in [6.45, 7) is -0.0813. The maximum atomic E-state index is 11.7. The highest BCUT2D eigenvalue weighted by molar-refractivity contribution is 9.10. The van der Waals surface area contributed by atoms with E-state index in [1.165, 1.54) is 17.1 Å². The van der Waals surface area contributed by atoms with E-state index >= 15 is 0 Å². The predicted molar refractivity (Wildman–Crippen MR) is 40.6 cm³/mol. The second-order valence-electron chi connectivity index (χ2n) is 2.30. The normalized spacial score (nSPS) is 12.0. The standard InChI is InChI=1S/C6H6BrF3N2/c7-5-3-12(4-11-5)2-1-6(8,9)10/h3-4H,1-2H2. The Bertz CT molecular complexity index is 256. The van der Waals surface area contributed by atoms with Gasteiger partial charge in [-0.3, -0.25) is 0 Å². The van der Waals surface area contributed by atoms with Gasteiger partial charge < -0.3 is 4.57 Å². The van der Waals surface area contributed by atoms with Crippen LogP contribution in [0.25, 0.3) is 0 Å². The van der Waals surface area contributed by atoms with Crippen LogP contribution in [0.5, 0.6) is 0 Å². The molecule has 2 nitrogen and oxygen atoms in total. The minimum Gasteiger partial charge on any atom is -0.336 e. The number of alkyl halides is 3. The lowest BCUT2D eigenvalue weighted by atomic mass is 10.4. The number of imidazole rings is 1. The van der Waals surface area contributed by atoms with Gasteiger partial charge in [0.25, 0.3) is 0 Å². The van der Waals surface area contributed by atoms with E-state index < -0.39 is 12.6 Å². The smallest absolute Gasteiger partial charge is 0.336 e. The first kappa shape index (κ1) is 9.57. The molecule has 0 aliphatic heterocycles. The summed E-state index contributed by atoms with van der Waals surface area (Å²) in [6, 6.07) is 0. The highest BCUT2D eigenvalue weighted by Gasteiger charge is 2.26. The Hall–Kier alpha value is -0.520. The third-order valence-corrected chi connectivity index (χ3v) is 1.66. The molecule has 0 N–H and O–H groups in total. The van der Waals surface area contributed by atoms with Crippen LogP contribution in [0.2, 0.25) is 0 Å². The molecule has 0 aromatic carbocycles. The zero-order chi connectivity index (χ0) is 9.19. The van der Waals surface area contributed by atoms with Crippen LogP contribution in [0, 0.1) is 0 Å². The fourth-order valence-corrected chi connectivity index (χ4v) is 1.07. The summed E-state index contributed by atoms with van der Waals surface area (Å²) >= 11 is 3.04. The minimum absolute atomic E-state index is 0.0813. The Balaban J connectivity index is 2.44. The van der Waals surface area contributed by atoms with Crippen molar-refractivity contribution in [3.8, 4) is 0 Å². The summed E-state index contributed by atoms with van der Waals surface area (Å²) < 4.78 is 37.0. The van der Waals surface area contributed by atoms with Gasteiger partial charge in [0.1, 0.15) is 4.60 Å². The molecule has 0 saturated carbocycles. The molecule has 1 aromatic rings. The van der Waals surface area contributed by atoms with Crippen LogP contribution in [-0.2, 0) is 6.54 Å². The van der Waals surface area contributed by atoms with Crippen LogP contribution in [-0.4, -0.2) is 15.7 Å². The number of rotatable bonds is 2. The van der Waals surface area contributed by atoms with Crippen molar-refractivity contribution in [1.29, 1.82) is 0 Å². The lowest BCUT2D eigenvalue weighted by Crippen LogP contribution is -2.11. The Morgan fingerprint density at radius 3 is 2.58 bits per heavy atom. The topological polar surface area (TPSA) is 17.8 Å². The van der Waals surface area contributed by atoms with Crippen molar-refractivity contribution in [2.24, 2.45) is 0 Å². The van der Waals surface area contributed by atoms with E-state index in [0.717, 1.165) is 0 Å². The highest BCUT2D eigenvalue weighted by Crippen LogP contribution is 2.20. The summed E-state index contributed by atoms with van der Waals surface area (Å²) in [5.74, 6) is 0. The van der Waals surface area contributed by atoms with Crippen molar-refractivity contribution in [3.63, 3.8) is 0 Å². The van der Waals surface area contributed by atoms with Crippen molar-refractivity contribution in [2.45, 2.75) is 19.1 Å². The average Bonchev–Trinajstić information content (AvgIpc) is 2.30. The zero-order valence-corrected chi connectivity index (χ0v) is 7.56. The largest absolute Gasteiger partial charge is 0.390 e. The molecule has 1 aromatic heterocycles. The van der Waals surface area contributed by atoms with Crippen molar-refractivity contribution < 1.29 is 13.2 Å². The number of halogens is 4. The van der Waals surface area contributed by atoms with Crippen LogP contribution < -0.4 is 0 Å². The van der Waals surface area contributed by atoms with Gasteiger partial charge in [0.2, 0.25) is 0 Å². The van der Waals surface area contributed by atoms with E-state index in [0.29, 0.717) is 4.60 Å². The number of nitrogens with zero attached hydrogens (tertiary/aromatic N) is 2. The predicted octanol–water partition coefficient (Wildman–Crippen LogP) is 2.60.